The molecule has 0 radical (unpaired) electrons. The summed E-state index contributed by atoms with van der Waals surface area (Å²) in [6.45, 7) is 2.15. The zero-order chi connectivity index (χ0) is 10.7. The van der Waals surface area contributed by atoms with Crippen LogP contribution < -0.4 is 9.47 Å². The number of hydrogen-bond acceptors (Lipinski definition) is 4. The summed E-state index contributed by atoms with van der Waals surface area (Å²) in [6.07, 6.45) is 2.26. The number of fused-ring (bicyclic) bond motifs is 1. The van der Waals surface area contributed by atoms with Gasteiger partial charge in [-0.15, -0.1) is 0 Å². The van der Waals surface area contributed by atoms with Gasteiger partial charge in [-0.25, -0.2) is 9.79 Å². The summed E-state index contributed by atoms with van der Waals surface area (Å²) in [5.41, 5.74) is 1.07. The average Bonchev–Trinajstić information content (AvgIpc) is 2.65. The molecule has 1 atom stereocenters. The Morgan fingerprint density at radius 2 is 2.27 bits per heavy atom. The number of hydrogen-bond donors (Lipinski definition) is 0. The number of carbonyl (C=O) groups excluding carboxylic acids is 1. The largest absolute Gasteiger partial charge is 0.454 e. The van der Waals surface area contributed by atoms with Gasteiger partial charge >= 0.3 is 0 Å². The SMILES string of the molecule is CC(Cc1ccc2c(c1)OCO2)N=C=O. The van der Waals surface area contributed by atoms with Crippen molar-refractivity contribution < 1.29 is 14.3 Å². The first-order valence-corrected chi connectivity index (χ1v) is 4.75. The van der Waals surface area contributed by atoms with Gasteiger partial charge in [0, 0.05) is 0 Å². The lowest BCUT2D eigenvalue weighted by Gasteiger charge is -2.04. The van der Waals surface area contributed by atoms with E-state index in [-0.39, 0.29) is 12.8 Å². The highest BCUT2D eigenvalue weighted by atomic mass is 16.7. The molecular weight excluding hydrogens is 194 g/mol. The van der Waals surface area contributed by atoms with Crippen molar-refractivity contribution in [3.05, 3.63) is 23.8 Å². The van der Waals surface area contributed by atoms with Gasteiger partial charge in [0.25, 0.3) is 0 Å². The molecule has 0 amide bonds. The molecule has 4 heteroatoms. The van der Waals surface area contributed by atoms with E-state index in [4.69, 9.17) is 9.47 Å². The smallest absolute Gasteiger partial charge is 0.235 e. The van der Waals surface area contributed by atoms with Crippen LogP contribution in [0, 0.1) is 0 Å². The summed E-state index contributed by atoms with van der Waals surface area (Å²) >= 11 is 0. The third kappa shape index (κ3) is 2.17. The molecule has 4 nitrogen and oxygen atoms in total. The lowest BCUT2D eigenvalue weighted by molar-refractivity contribution is 0.174. The molecule has 0 spiro atoms. The molecule has 1 aliphatic rings. The van der Waals surface area contributed by atoms with Crippen molar-refractivity contribution in [3.8, 4) is 11.5 Å². The highest BCUT2D eigenvalue weighted by molar-refractivity contribution is 5.44. The molecule has 0 aliphatic carbocycles. The van der Waals surface area contributed by atoms with E-state index >= 15 is 0 Å². The van der Waals surface area contributed by atoms with Crippen LogP contribution in [0.4, 0.5) is 0 Å². The molecule has 0 saturated heterocycles. The van der Waals surface area contributed by atoms with Crippen LogP contribution in [0.5, 0.6) is 11.5 Å². The summed E-state index contributed by atoms with van der Waals surface area (Å²) in [7, 11) is 0. The fourth-order valence-electron chi connectivity index (χ4n) is 1.54. The van der Waals surface area contributed by atoms with E-state index in [1.54, 1.807) is 6.08 Å². The van der Waals surface area contributed by atoms with Crippen molar-refractivity contribution in [2.75, 3.05) is 6.79 Å². The lowest BCUT2D eigenvalue weighted by atomic mass is 10.1. The van der Waals surface area contributed by atoms with Crippen molar-refractivity contribution >= 4 is 6.08 Å². The second kappa shape index (κ2) is 4.15. The van der Waals surface area contributed by atoms with Gasteiger partial charge in [-0.1, -0.05) is 6.07 Å². The van der Waals surface area contributed by atoms with Crippen LogP contribution in [0.1, 0.15) is 12.5 Å². The van der Waals surface area contributed by atoms with E-state index in [9.17, 15) is 4.79 Å². The third-order valence-corrected chi connectivity index (χ3v) is 2.24. The topological polar surface area (TPSA) is 47.9 Å². The van der Waals surface area contributed by atoms with Crippen LogP contribution in [0.25, 0.3) is 0 Å². The van der Waals surface area contributed by atoms with Crippen molar-refractivity contribution in [1.82, 2.24) is 0 Å². The minimum absolute atomic E-state index is 0.0529. The molecule has 78 valence electrons. The van der Waals surface area contributed by atoms with Crippen LogP contribution >= 0.6 is 0 Å². The predicted molar refractivity (Wildman–Crippen MR) is 53.9 cm³/mol. The quantitative estimate of drug-likeness (QED) is 0.557. The standard InChI is InChI=1S/C11H11NO3/c1-8(12-6-13)4-9-2-3-10-11(5-9)15-7-14-10/h2-3,5,8H,4,7H2,1H3. The normalized spacial score (nSPS) is 14.5. The van der Waals surface area contributed by atoms with Gasteiger partial charge in [0.1, 0.15) is 0 Å². The zero-order valence-corrected chi connectivity index (χ0v) is 8.40. The minimum atomic E-state index is -0.0529. The second-order valence-electron chi connectivity index (χ2n) is 3.46. The Morgan fingerprint density at radius 3 is 3.07 bits per heavy atom. The average molecular weight is 205 g/mol. The van der Waals surface area contributed by atoms with E-state index in [0.29, 0.717) is 6.42 Å². The molecule has 0 aromatic heterocycles. The molecule has 1 heterocycles. The molecule has 1 aromatic carbocycles. The summed E-state index contributed by atoms with van der Waals surface area (Å²) < 4.78 is 10.4. The number of nitrogens with zero attached hydrogens (tertiary/aromatic N) is 1. The molecule has 0 bridgehead atoms. The number of isocyanates is 1. The Bertz CT molecular complexity index is 410. The molecule has 1 unspecified atom stereocenters. The van der Waals surface area contributed by atoms with E-state index in [2.05, 4.69) is 4.99 Å². The third-order valence-electron chi connectivity index (χ3n) is 2.24. The lowest BCUT2D eigenvalue weighted by Crippen LogP contribution is -2.02. The maximum Gasteiger partial charge on any atom is 0.235 e. The van der Waals surface area contributed by atoms with Crippen molar-refractivity contribution in [2.45, 2.75) is 19.4 Å². The van der Waals surface area contributed by atoms with Gasteiger partial charge < -0.3 is 9.47 Å². The Hall–Kier alpha value is -1.80. The van der Waals surface area contributed by atoms with Crippen molar-refractivity contribution in [2.24, 2.45) is 4.99 Å². The van der Waals surface area contributed by atoms with Gasteiger partial charge in [-0.05, 0) is 31.0 Å². The fourth-order valence-corrected chi connectivity index (χ4v) is 1.54. The van der Waals surface area contributed by atoms with Crippen LogP contribution in [-0.2, 0) is 11.2 Å². The fraction of sp³-hybridized carbons (Fsp3) is 0.364. The van der Waals surface area contributed by atoms with Crippen molar-refractivity contribution in [1.29, 1.82) is 0 Å². The Labute approximate surface area is 87.5 Å². The molecule has 2 rings (SSSR count). The maximum atomic E-state index is 10.1. The Morgan fingerprint density at radius 1 is 1.47 bits per heavy atom. The zero-order valence-electron chi connectivity index (χ0n) is 8.40. The van der Waals surface area contributed by atoms with Gasteiger partial charge in [-0.3, -0.25) is 0 Å². The molecule has 15 heavy (non-hydrogen) atoms. The molecular formula is C11H11NO3. The van der Waals surface area contributed by atoms with Crippen LogP contribution in [0.15, 0.2) is 23.2 Å². The summed E-state index contributed by atoms with van der Waals surface area (Å²) in [5, 5.41) is 0. The number of benzene rings is 1. The second-order valence-corrected chi connectivity index (χ2v) is 3.46. The van der Waals surface area contributed by atoms with Gasteiger partial charge in [0.05, 0.1) is 6.04 Å². The predicted octanol–water partition coefficient (Wildman–Crippen LogP) is 1.68. The van der Waals surface area contributed by atoms with E-state index in [1.165, 1.54) is 0 Å². The van der Waals surface area contributed by atoms with Crippen molar-refractivity contribution in [3.63, 3.8) is 0 Å². The molecule has 0 fully saturated rings. The number of aliphatic imine (C=N–C) groups is 1. The first-order valence-electron chi connectivity index (χ1n) is 4.75. The molecule has 0 saturated carbocycles. The summed E-state index contributed by atoms with van der Waals surface area (Å²) in [4.78, 5) is 13.7. The van der Waals surface area contributed by atoms with Gasteiger partial charge in [0.2, 0.25) is 12.9 Å². The van der Waals surface area contributed by atoms with Crippen LogP contribution in [0.2, 0.25) is 0 Å². The van der Waals surface area contributed by atoms with Crippen LogP contribution in [0.3, 0.4) is 0 Å². The minimum Gasteiger partial charge on any atom is -0.454 e. The monoisotopic (exact) mass is 205 g/mol. The highest BCUT2D eigenvalue weighted by Crippen LogP contribution is 2.32. The van der Waals surface area contributed by atoms with Gasteiger partial charge in [0.15, 0.2) is 11.5 Å². The Balaban J connectivity index is 2.13. The molecule has 1 aromatic rings. The maximum absolute atomic E-state index is 10.1. The van der Waals surface area contributed by atoms with E-state index in [1.807, 2.05) is 25.1 Å². The van der Waals surface area contributed by atoms with Gasteiger partial charge in [-0.2, -0.15) is 0 Å². The Kier molecular flexibility index (Phi) is 2.70. The highest BCUT2D eigenvalue weighted by Gasteiger charge is 2.13. The summed E-state index contributed by atoms with van der Waals surface area (Å²) in [5.74, 6) is 1.53. The van der Waals surface area contributed by atoms with E-state index < -0.39 is 0 Å². The van der Waals surface area contributed by atoms with E-state index in [0.717, 1.165) is 17.1 Å². The molecule has 1 aliphatic heterocycles. The first kappa shape index (κ1) is 9.74. The first-order chi connectivity index (χ1) is 7.29. The number of ether oxygens (including phenoxy) is 2. The number of rotatable bonds is 3. The summed E-state index contributed by atoms with van der Waals surface area (Å²) in [6, 6.07) is 5.68. The molecule has 0 N–H and O–H groups in total. The van der Waals surface area contributed by atoms with Crippen LogP contribution in [-0.4, -0.2) is 18.9 Å².